The maximum atomic E-state index is 9.62. The second-order valence-electron chi connectivity index (χ2n) is 5.65. The fraction of sp³-hybridized carbons (Fsp3) is 1.00. The van der Waals surface area contributed by atoms with Crippen molar-refractivity contribution in [3.63, 3.8) is 0 Å². The van der Waals surface area contributed by atoms with Crippen LogP contribution in [0.4, 0.5) is 0 Å². The second kappa shape index (κ2) is 5.48. The molecule has 1 saturated heterocycles. The first-order valence-electron chi connectivity index (χ1n) is 6.43. The fourth-order valence-electron chi connectivity index (χ4n) is 2.34. The van der Waals surface area contributed by atoms with Crippen LogP contribution in [-0.2, 0) is 4.74 Å². The van der Waals surface area contributed by atoms with E-state index >= 15 is 0 Å². The molecule has 0 aromatic carbocycles. The van der Waals surface area contributed by atoms with Gasteiger partial charge in [0.2, 0.25) is 0 Å². The molecule has 0 atom stereocenters. The Kier molecular flexibility index (Phi) is 4.77. The van der Waals surface area contributed by atoms with Gasteiger partial charge in [-0.25, -0.2) is 0 Å². The fourth-order valence-corrected chi connectivity index (χ4v) is 2.34. The van der Waals surface area contributed by atoms with Gasteiger partial charge in [0.25, 0.3) is 0 Å². The molecule has 1 heterocycles. The molecular formula is C13H27NO2. The lowest BCUT2D eigenvalue weighted by atomic mass is 9.81. The molecule has 0 spiro atoms. The van der Waals surface area contributed by atoms with Crippen molar-refractivity contribution in [2.75, 3.05) is 32.9 Å². The van der Waals surface area contributed by atoms with Crippen LogP contribution in [0, 0.1) is 5.41 Å². The highest BCUT2D eigenvalue weighted by Crippen LogP contribution is 2.31. The van der Waals surface area contributed by atoms with E-state index < -0.39 is 0 Å². The Morgan fingerprint density at radius 1 is 1.31 bits per heavy atom. The second-order valence-corrected chi connectivity index (χ2v) is 5.65. The van der Waals surface area contributed by atoms with Crippen LogP contribution in [0.5, 0.6) is 0 Å². The average Bonchev–Trinajstić information content (AvgIpc) is 2.28. The van der Waals surface area contributed by atoms with Crippen LogP contribution < -0.4 is 0 Å². The number of aliphatic hydroxyl groups excluding tert-OH is 1. The molecule has 0 amide bonds. The van der Waals surface area contributed by atoms with Crippen LogP contribution in [0.1, 0.15) is 40.5 Å². The predicted molar refractivity (Wildman–Crippen MR) is 66.6 cm³/mol. The third kappa shape index (κ3) is 2.96. The topological polar surface area (TPSA) is 32.7 Å². The smallest absolute Gasteiger partial charge is 0.0645 e. The summed E-state index contributed by atoms with van der Waals surface area (Å²) in [6.45, 7) is 12.6. The lowest BCUT2D eigenvalue weighted by Crippen LogP contribution is -2.56. The van der Waals surface area contributed by atoms with Crippen LogP contribution >= 0.6 is 0 Å². The molecule has 96 valence electrons. The van der Waals surface area contributed by atoms with Crippen molar-refractivity contribution < 1.29 is 9.84 Å². The van der Waals surface area contributed by atoms with Gasteiger partial charge in [-0.15, -0.1) is 0 Å². The van der Waals surface area contributed by atoms with E-state index in [0.717, 1.165) is 39.1 Å². The van der Waals surface area contributed by atoms with Crippen molar-refractivity contribution in [1.29, 1.82) is 0 Å². The first-order valence-corrected chi connectivity index (χ1v) is 6.43. The average molecular weight is 229 g/mol. The zero-order valence-electron chi connectivity index (χ0n) is 11.3. The van der Waals surface area contributed by atoms with Gasteiger partial charge in [-0.2, -0.15) is 0 Å². The van der Waals surface area contributed by atoms with Crippen molar-refractivity contribution in [3.05, 3.63) is 0 Å². The summed E-state index contributed by atoms with van der Waals surface area (Å²) in [6.07, 6.45) is 2.07. The molecule has 16 heavy (non-hydrogen) atoms. The highest BCUT2D eigenvalue weighted by Gasteiger charge is 2.36. The van der Waals surface area contributed by atoms with Crippen LogP contribution in [-0.4, -0.2) is 48.5 Å². The van der Waals surface area contributed by atoms with E-state index in [9.17, 15) is 5.11 Å². The number of rotatable bonds is 5. The van der Waals surface area contributed by atoms with Crippen LogP contribution in [0.15, 0.2) is 0 Å². The molecule has 0 radical (unpaired) electrons. The van der Waals surface area contributed by atoms with Crippen molar-refractivity contribution in [2.45, 2.75) is 46.1 Å². The van der Waals surface area contributed by atoms with Crippen molar-refractivity contribution in [1.82, 2.24) is 4.90 Å². The molecule has 0 unspecified atom stereocenters. The standard InChI is InChI=1S/C13H27NO2/c1-5-13(6-2,10-15)9-14-7-8-16-11-12(14,3)4/h15H,5-11H2,1-4H3. The van der Waals surface area contributed by atoms with Crippen molar-refractivity contribution in [2.24, 2.45) is 5.41 Å². The summed E-state index contributed by atoms with van der Waals surface area (Å²) in [7, 11) is 0. The number of morpholine rings is 1. The molecule has 0 aromatic heterocycles. The summed E-state index contributed by atoms with van der Waals surface area (Å²) in [4.78, 5) is 2.47. The Bertz CT molecular complexity index is 204. The van der Waals surface area contributed by atoms with Crippen molar-refractivity contribution >= 4 is 0 Å². The Labute approximate surface area is 99.8 Å². The first-order chi connectivity index (χ1) is 7.49. The van der Waals surface area contributed by atoms with Gasteiger partial charge < -0.3 is 9.84 Å². The van der Waals surface area contributed by atoms with Gasteiger partial charge >= 0.3 is 0 Å². The molecule has 1 rings (SSSR count). The normalized spacial score (nSPS) is 22.3. The summed E-state index contributed by atoms with van der Waals surface area (Å²) < 4.78 is 5.53. The molecule has 0 aliphatic carbocycles. The number of ether oxygens (including phenoxy) is 1. The maximum absolute atomic E-state index is 9.62. The van der Waals surface area contributed by atoms with E-state index in [0.29, 0.717) is 0 Å². The quantitative estimate of drug-likeness (QED) is 0.781. The minimum Gasteiger partial charge on any atom is -0.396 e. The van der Waals surface area contributed by atoms with E-state index in [2.05, 4.69) is 32.6 Å². The lowest BCUT2D eigenvalue weighted by molar-refractivity contribution is -0.0762. The minimum atomic E-state index is 0.0641. The molecule has 1 aliphatic rings. The zero-order valence-corrected chi connectivity index (χ0v) is 11.3. The molecule has 0 bridgehead atoms. The Morgan fingerprint density at radius 2 is 1.94 bits per heavy atom. The van der Waals surface area contributed by atoms with Gasteiger partial charge in [-0.3, -0.25) is 4.90 Å². The zero-order chi connectivity index (χ0) is 12.2. The number of aliphatic hydroxyl groups is 1. The largest absolute Gasteiger partial charge is 0.396 e. The molecular weight excluding hydrogens is 202 g/mol. The summed E-state index contributed by atoms with van der Waals surface area (Å²) in [5.41, 5.74) is 0.164. The highest BCUT2D eigenvalue weighted by molar-refractivity contribution is 4.89. The minimum absolute atomic E-state index is 0.0641. The first kappa shape index (κ1) is 13.9. The van der Waals surface area contributed by atoms with E-state index in [1.807, 2.05) is 0 Å². The third-order valence-electron chi connectivity index (χ3n) is 4.18. The lowest BCUT2D eigenvalue weighted by Gasteiger charge is -2.46. The highest BCUT2D eigenvalue weighted by atomic mass is 16.5. The summed E-state index contributed by atoms with van der Waals surface area (Å²) in [5.74, 6) is 0. The van der Waals surface area contributed by atoms with E-state index in [1.165, 1.54) is 0 Å². The summed E-state index contributed by atoms with van der Waals surface area (Å²) in [5, 5.41) is 9.62. The number of hydrogen-bond acceptors (Lipinski definition) is 3. The van der Waals surface area contributed by atoms with Gasteiger partial charge in [0.15, 0.2) is 0 Å². The molecule has 1 aliphatic heterocycles. The van der Waals surface area contributed by atoms with Gasteiger partial charge in [0.05, 0.1) is 13.2 Å². The predicted octanol–water partition coefficient (Wildman–Crippen LogP) is 1.90. The van der Waals surface area contributed by atoms with E-state index in [1.54, 1.807) is 0 Å². The van der Waals surface area contributed by atoms with Gasteiger partial charge in [-0.1, -0.05) is 13.8 Å². The Morgan fingerprint density at radius 3 is 2.38 bits per heavy atom. The van der Waals surface area contributed by atoms with Gasteiger partial charge in [-0.05, 0) is 26.7 Å². The summed E-state index contributed by atoms with van der Waals surface area (Å²) in [6, 6.07) is 0. The Hall–Kier alpha value is -0.120. The van der Waals surface area contributed by atoms with Crippen LogP contribution in [0.25, 0.3) is 0 Å². The van der Waals surface area contributed by atoms with Gasteiger partial charge in [0.1, 0.15) is 0 Å². The molecule has 1 N–H and O–H groups in total. The molecule has 3 heteroatoms. The molecule has 3 nitrogen and oxygen atoms in total. The van der Waals surface area contributed by atoms with Crippen LogP contribution in [0.3, 0.4) is 0 Å². The maximum Gasteiger partial charge on any atom is 0.0645 e. The monoisotopic (exact) mass is 229 g/mol. The summed E-state index contributed by atoms with van der Waals surface area (Å²) >= 11 is 0. The molecule has 1 fully saturated rings. The molecule has 0 saturated carbocycles. The Balaban J connectivity index is 2.69. The number of nitrogens with zero attached hydrogens (tertiary/aromatic N) is 1. The van der Waals surface area contributed by atoms with Gasteiger partial charge in [0, 0.05) is 30.7 Å². The van der Waals surface area contributed by atoms with Crippen LogP contribution in [0.2, 0.25) is 0 Å². The SMILES string of the molecule is CCC(CC)(CO)CN1CCOCC1(C)C. The third-order valence-corrected chi connectivity index (χ3v) is 4.18. The van der Waals surface area contributed by atoms with E-state index in [4.69, 9.17) is 4.74 Å². The van der Waals surface area contributed by atoms with Crippen molar-refractivity contribution in [3.8, 4) is 0 Å². The molecule has 0 aromatic rings. The van der Waals surface area contributed by atoms with E-state index in [-0.39, 0.29) is 17.6 Å². The number of hydrogen-bond donors (Lipinski definition) is 1.